The second-order valence-corrected chi connectivity index (χ2v) is 3.93. The predicted molar refractivity (Wildman–Crippen MR) is 64.6 cm³/mol. The molecule has 0 spiro atoms. The van der Waals surface area contributed by atoms with Crippen LogP contribution in [0.5, 0.6) is 0 Å². The van der Waals surface area contributed by atoms with Crippen LogP contribution in [0.3, 0.4) is 0 Å². The molecule has 2 N–H and O–H groups in total. The van der Waals surface area contributed by atoms with Crippen molar-refractivity contribution in [2.75, 3.05) is 0 Å². The van der Waals surface area contributed by atoms with Crippen molar-refractivity contribution in [3.63, 3.8) is 0 Å². The summed E-state index contributed by atoms with van der Waals surface area (Å²) in [5, 5.41) is 9.79. The van der Waals surface area contributed by atoms with E-state index >= 15 is 0 Å². The van der Waals surface area contributed by atoms with Gasteiger partial charge in [0, 0.05) is 12.3 Å². The molecule has 0 aliphatic carbocycles. The predicted octanol–water partition coefficient (Wildman–Crippen LogP) is 2.63. The molecule has 0 atom stereocenters. The third-order valence-corrected chi connectivity index (χ3v) is 2.87. The number of ketones is 1. The smallest absolute Gasteiger partial charge is 0.338 e. The third kappa shape index (κ3) is 1.71. The molecule has 0 amide bonds. The van der Waals surface area contributed by atoms with Crippen molar-refractivity contribution >= 4 is 22.7 Å². The van der Waals surface area contributed by atoms with Crippen molar-refractivity contribution in [1.82, 2.24) is 4.98 Å². The van der Waals surface area contributed by atoms with Gasteiger partial charge >= 0.3 is 5.97 Å². The molecule has 1 aromatic carbocycles. The summed E-state index contributed by atoms with van der Waals surface area (Å²) in [7, 11) is 0. The lowest BCUT2D eigenvalue weighted by molar-refractivity contribution is 0.0694. The molecule has 0 bridgehead atoms. The highest BCUT2D eigenvalue weighted by Gasteiger charge is 2.21. The number of benzene rings is 1. The second kappa shape index (κ2) is 4.05. The quantitative estimate of drug-likeness (QED) is 0.798. The van der Waals surface area contributed by atoms with Crippen LogP contribution < -0.4 is 0 Å². The molecule has 0 aliphatic heterocycles. The molecule has 0 aliphatic rings. The molecule has 17 heavy (non-hydrogen) atoms. The fourth-order valence-electron chi connectivity index (χ4n) is 2.06. The normalized spacial score (nSPS) is 10.7. The van der Waals surface area contributed by atoms with E-state index in [0.717, 1.165) is 17.5 Å². The van der Waals surface area contributed by atoms with Crippen LogP contribution in [0.25, 0.3) is 10.9 Å². The Kier molecular flexibility index (Phi) is 2.71. The molecule has 0 saturated heterocycles. The van der Waals surface area contributed by atoms with Crippen LogP contribution in [0.15, 0.2) is 18.2 Å². The Hall–Kier alpha value is -2.10. The summed E-state index contributed by atoms with van der Waals surface area (Å²) in [6.45, 7) is 3.35. The van der Waals surface area contributed by atoms with E-state index in [1.165, 1.54) is 6.92 Å². The van der Waals surface area contributed by atoms with Crippen molar-refractivity contribution in [3.8, 4) is 0 Å². The molecule has 1 heterocycles. The number of carboxylic acid groups (broad SMARTS) is 1. The minimum atomic E-state index is -1.07. The molecule has 0 unspecified atom stereocenters. The number of hydrogen-bond acceptors (Lipinski definition) is 2. The highest BCUT2D eigenvalue weighted by Crippen LogP contribution is 2.26. The first kappa shape index (κ1) is 11.4. The Bertz CT molecular complexity index is 610. The van der Waals surface area contributed by atoms with Gasteiger partial charge < -0.3 is 10.1 Å². The van der Waals surface area contributed by atoms with E-state index in [9.17, 15) is 14.7 Å². The number of carbonyl (C=O) groups excluding carboxylic acids is 1. The van der Waals surface area contributed by atoms with Crippen molar-refractivity contribution in [3.05, 3.63) is 35.0 Å². The number of fused-ring (bicyclic) bond motifs is 1. The van der Waals surface area contributed by atoms with Crippen LogP contribution in [0.1, 0.15) is 40.3 Å². The fraction of sp³-hybridized carbons (Fsp3) is 0.231. The Morgan fingerprint density at radius 3 is 2.59 bits per heavy atom. The maximum absolute atomic E-state index is 11.4. The summed E-state index contributed by atoms with van der Waals surface area (Å²) in [6.07, 6.45) is 0.786. The summed E-state index contributed by atoms with van der Waals surface area (Å²) in [6, 6.07) is 5.46. The number of aryl methyl sites for hydroxylation is 1. The monoisotopic (exact) mass is 231 g/mol. The number of hydrogen-bond donors (Lipinski definition) is 2. The zero-order chi connectivity index (χ0) is 12.6. The van der Waals surface area contributed by atoms with Crippen molar-refractivity contribution in [2.24, 2.45) is 0 Å². The SMILES string of the molecule is CCc1cccc2c(C(=O)O)c(C(C)=O)[nH]c12. The number of carboxylic acids is 1. The zero-order valence-corrected chi connectivity index (χ0v) is 9.70. The third-order valence-electron chi connectivity index (χ3n) is 2.87. The average molecular weight is 231 g/mol. The second-order valence-electron chi connectivity index (χ2n) is 3.93. The Morgan fingerprint density at radius 2 is 2.06 bits per heavy atom. The van der Waals surface area contributed by atoms with E-state index in [2.05, 4.69) is 4.98 Å². The van der Waals surface area contributed by atoms with E-state index in [1.54, 1.807) is 6.07 Å². The van der Waals surface area contributed by atoms with E-state index in [0.29, 0.717) is 5.39 Å². The molecule has 0 fully saturated rings. The number of carbonyl (C=O) groups is 2. The molecule has 2 rings (SSSR count). The van der Waals surface area contributed by atoms with Gasteiger partial charge in [-0.05, 0) is 12.0 Å². The van der Waals surface area contributed by atoms with Gasteiger partial charge in [0.25, 0.3) is 0 Å². The molecule has 2 aromatic rings. The van der Waals surface area contributed by atoms with Gasteiger partial charge in [-0.25, -0.2) is 4.79 Å². The number of Topliss-reactive ketones (excluding diaryl/α,β-unsaturated/α-hetero) is 1. The number of rotatable bonds is 3. The summed E-state index contributed by atoms with van der Waals surface area (Å²) in [4.78, 5) is 25.6. The maximum Gasteiger partial charge on any atom is 0.338 e. The zero-order valence-electron chi connectivity index (χ0n) is 9.70. The minimum Gasteiger partial charge on any atom is -0.478 e. The number of aromatic nitrogens is 1. The van der Waals surface area contributed by atoms with E-state index in [4.69, 9.17) is 0 Å². The lowest BCUT2D eigenvalue weighted by atomic mass is 10.1. The molecule has 4 heteroatoms. The van der Waals surface area contributed by atoms with Gasteiger partial charge in [0.15, 0.2) is 5.78 Å². The summed E-state index contributed by atoms with van der Waals surface area (Å²) < 4.78 is 0. The van der Waals surface area contributed by atoms with Crippen LogP contribution in [-0.4, -0.2) is 21.8 Å². The number of nitrogens with one attached hydrogen (secondary N) is 1. The van der Waals surface area contributed by atoms with Gasteiger partial charge in [0.2, 0.25) is 0 Å². The van der Waals surface area contributed by atoms with Gasteiger partial charge in [-0.2, -0.15) is 0 Å². The first-order valence-corrected chi connectivity index (χ1v) is 5.44. The summed E-state index contributed by atoms with van der Waals surface area (Å²) in [5.41, 5.74) is 2.01. The Balaban J connectivity index is 2.88. The van der Waals surface area contributed by atoms with Gasteiger partial charge in [0.1, 0.15) is 0 Å². The van der Waals surface area contributed by atoms with E-state index in [1.807, 2.05) is 19.1 Å². The van der Waals surface area contributed by atoms with Crippen LogP contribution >= 0.6 is 0 Å². The molecule has 88 valence electrons. The molecule has 1 aromatic heterocycles. The fourth-order valence-corrected chi connectivity index (χ4v) is 2.06. The van der Waals surface area contributed by atoms with Crippen molar-refractivity contribution in [1.29, 1.82) is 0 Å². The lowest BCUT2D eigenvalue weighted by Crippen LogP contribution is -2.04. The largest absolute Gasteiger partial charge is 0.478 e. The number of aromatic amines is 1. The number of aromatic carboxylic acids is 1. The van der Waals surface area contributed by atoms with Crippen LogP contribution in [0, 0.1) is 0 Å². The first-order chi connectivity index (χ1) is 8.06. The molecular weight excluding hydrogens is 218 g/mol. The first-order valence-electron chi connectivity index (χ1n) is 5.44. The molecule has 0 saturated carbocycles. The maximum atomic E-state index is 11.4. The van der Waals surface area contributed by atoms with Crippen LogP contribution in [0.2, 0.25) is 0 Å². The summed E-state index contributed by atoms with van der Waals surface area (Å²) in [5.74, 6) is -1.34. The standard InChI is InChI=1S/C13H13NO3/c1-3-8-5-4-6-9-10(13(16)17)11(7(2)15)14-12(8)9/h4-6,14H,3H2,1-2H3,(H,16,17). The number of para-hydroxylation sites is 1. The van der Waals surface area contributed by atoms with Gasteiger partial charge in [0.05, 0.1) is 16.8 Å². The van der Waals surface area contributed by atoms with Gasteiger partial charge in [-0.15, -0.1) is 0 Å². The minimum absolute atomic E-state index is 0.0720. The highest BCUT2D eigenvalue weighted by molar-refractivity contribution is 6.13. The van der Waals surface area contributed by atoms with Crippen LogP contribution in [-0.2, 0) is 6.42 Å². The number of H-pyrrole nitrogens is 1. The van der Waals surface area contributed by atoms with Crippen molar-refractivity contribution in [2.45, 2.75) is 20.3 Å². The average Bonchev–Trinajstić information content (AvgIpc) is 2.67. The molecule has 4 nitrogen and oxygen atoms in total. The van der Waals surface area contributed by atoms with E-state index < -0.39 is 5.97 Å². The molecular formula is C13H13NO3. The Morgan fingerprint density at radius 1 is 1.35 bits per heavy atom. The van der Waals surface area contributed by atoms with Gasteiger partial charge in [-0.1, -0.05) is 25.1 Å². The van der Waals surface area contributed by atoms with Gasteiger partial charge in [-0.3, -0.25) is 4.79 Å². The van der Waals surface area contributed by atoms with Crippen molar-refractivity contribution < 1.29 is 14.7 Å². The lowest BCUT2D eigenvalue weighted by Gasteiger charge is -1.98. The summed E-state index contributed by atoms with van der Waals surface area (Å²) >= 11 is 0. The topological polar surface area (TPSA) is 70.2 Å². The van der Waals surface area contributed by atoms with Crippen LogP contribution in [0.4, 0.5) is 0 Å². The molecule has 0 radical (unpaired) electrons. The van der Waals surface area contributed by atoms with E-state index in [-0.39, 0.29) is 17.0 Å². The Labute approximate surface area is 98.3 Å². The highest BCUT2D eigenvalue weighted by atomic mass is 16.4.